The molecule has 5 heteroatoms. The highest BCUT2D eigenvalue weighted by molar-refractivity contribution is 5.92. The molecule has 0 saturated carbocycles. The fourth-order valence-electron chi connectivity index (χ4n) is 2.90. The molecule has 1 amide bonds. The molecule has 1 N–H and O–H groups in total. The first kappa shape index (κ1) is 10.8. The summed E-state index contributed by atoms with van der Waals surface area (Å²) in [7, 11) is 0. The Kier molecular flexibility index (Phi) is 2.63. The zero-order valence-electron chi connectivity index (χ0n) is 9.93. The summed E-state index contributed by atoms with van der Waals surface area (Å²) in [6, 6.07) is 1.71. The van der Waals surface area contributed by atoms with E-state index in [0.29, 0.717) is 24.3 Å². The van der Waals surface area contributed by atoms with Crippen molar-refractivity contribution in [3.8, 4) is 0 Å². The van der Waals surface area contributed by atoms with E-state index < -0.39 is 0 Å². The van der Waals surface area contributed by atoms with Gasteiger partial charge in [0, 0.05) is 19.3 Å². The summed E-state index contributed by atoms with van der Waals surface area (Å²) in [5.74, 6) is 0.667. The molecular formula is C12H17N3O2. The summed E-state index contributed by atoms with van der Waals surface area (Å²) in [4.78, 5) is 14.0. The second-order valence-electron chi connectivity index (χ2n) is 4.99. The normalized spacial score (nSPS) is 32.5. The standard InChI is InChI=1S/C12H17N3O2/c1-8-6-9-3-5-15(7-11(9)17-8)12(16)10-2-4-13-14-10/h2,4,8-9,11H,3,5-7H2,1H3,(H,13,14)/t8-,9+,11-/m1/s1. The van der Waals surface area contributed by atoms with Crippen LogP contribution in [-0.2, 0) is 4.74 Å². The van der Waals surface area contributed by atoms with Gasteiger partial charge in [0.25, 0.3) is 5.91 Å². The molecule has 1 aromatic rings. The minimum atomic E-state index is 0.0316. The minimum Gasteiger partial charge on any atom is -0.373 e. The average Bonchev–Trinajstić information content (AvgIpc) is 2.94. The van der Waals surface area contributed by atoms with E-state index in [2.05, 4.69) is 17.1 Å². The van der Waals surface area contributed by atoms with E-state index in [4.69, 9.17) is 4.74 Å². The molecule has 0 unspecified atom stereocenters. The third-order valence-corrected chi connectivity index (χ3v) is 3.76. The Morgan fingerprint density at radius 2 is 2.53 bits per heavy atom. The smallest absolute Gasteiger partial charge is 0.271 e. The fraction of sp³-hybridized carbons (Fsp3) is 0.667. The van der Waals surface area contributed by atoms with Crippen LogP contribution < -0.4 is 0 Å². The molecular weight excluding hydrogens is 218 g/mol. The highest BCUT2D eigenvalue weighted by Gasteiger charge is 2.38. The lowest BCUT2D eigenvalue weighted by Crippen LogP contribution is -2.45. The molecule has 0 radical (unpaired) electrons. The number of carbonyl (C=O) groups is 1. The predicted octanol–water partition coefficient (Wildman–Crippen LogP) is 1.05. The van der Waals surface area contributed by atoms with Crippen LogP contribution >= 0.6 is 0 Å². The quantitative estimate of drug-likeness (QED) is 0.791. The van der Waals surface area contributed by atoms with Crippen LogP contribution in [0.15, 0.2) is 12.3 Å². The third-order valence-electron chi connectivity index (χ3n) is 3.76. The number of fused-ring (bicyclic) bond motifs is 1. The molecule has 2 aliphatic heterocycles. The molecule has 1 aromatic heterocycles. The number of hydrogen-bond acceptors (Lipinski definition) is 3. The maximum absolute atomic E-state index is 12.1. The van der Waals surface area contributed by atoms with Crippen molar-refractivity contribution < 1.29 is 9.53 Å². The first-order valence-electron chi connectivity index (χ1n) is 6.18. The zero-order valence-corrected chi connectivity index (χ0v) is 9.93. The molecule has 2 saturated heterocycles. The van der Waals surface area contributed by atoms with Crippen LogP contribution in [0.25, 0.3) is 0 Å². The lowest BCUT2D eigenvalue weighted by molar-refractivity contribution is 0.00138. The highest BCUT2D eigenvalue weighted by atomic mass is 16.5. The molecule has 3 atom stereocenters. The Bertz CT molecular complexity index is 404. The van der Waals surface area contributed by atoms with Crippen LogP contribution in [0.3, 0.4) is 0 Å². The first-order valence-corrected chi connectivity index (χ1v) is 6.18. The van der Waals surface area contributed by atoms with Gasteiger partial charge in [0.1, 0.15) is 5.69 Å². The molecule has 0 bridgehead atoms. The van der Waals surface area contributed by atoms with Crippen molar-refractivity contribution >= 4 is 5.91 Å². The molecule has 2 aliphatic rings. The zero-order chi connectivity index (χ0) is 11.8. The number of carbonyl (C=O) groups excluding carboxylic acids is 1. The molecule has 0 aliphatic carbocycles. The van der Waals surface area contributed by atoms with Crippen LogP contribution in [0, 0.1) is 5.92 Å². The number of hydrogen-bond donors (Lipinski definition) is 1. The van der Waals surface area contributed by atoms with Gasteiger partial charge in [-0.15, -0.1) is 0 Å². The lowest BCUT2D eigenvalue weighted by atomic mass is 9.92. The minimum absolute atomic E-state index is 0.0316. The molecule has 3 rings (SSSR count). The van der Waals surface area contributed by atoms with Crippen LogP contribution in [0.4, 0.5) is 0 Å². The number of nitrogens with one attached hydrogen (secondary N) is 1. The Morgan fingerprint density at radius 1 is 1.65 bits per heavy atom. The number of amides is 1. The second kappa shape index (κ2) is 4.14. The van der Waals surface area contributed by atoms with Gasteiger partial charge in [0.15, 0.2) is 0 Å². The van der Waals surface area contributed by atoms with Crippen LogP contribution in [-0.4, -0.2) is 46.3 Å². The Hall–Kier alpha value is -1.36. The van der Waals surface area contributed by atoms with Gasteiger partial charge in [-0.1, -0.05) is 0 Å². The summed E-state index contributed by atoms with van der Waals surface area (Å²) in [5, 5.41) is 6.53. The van der Waals surface area contributed by atoms with Gasteiger partial charge in [0.05, 0.1) is 12.2 Å². The van der Waals surface area contributed by atoms with E-state index in [-0.39, 0.29) is 12.0 Å². The Balaban J connectivity index is 1.69. The SMILES string of the molecule is C[C@@H]1C[C@@H]2CCN(C(=O)c3ccn[nH]3)C[C@H]2O1. The molecule has 0 aromatic carbocycles. The number of piperidine rings is 1. The lowest BCUT2D eigenvalue weighted by Gasteiger charge is -2.33. The maximum Gasteiger partial charge on any atom is 0.271 e. The number of ether oxygens (including phenoxy) is 1. The maximum atomic E-state index is 12.1. The van der Waals surface area contributed by atoms with Gasteiger partial charge in [-0.05, 0) is 31.7 Å². The van der Waals surface area contributed by atoms with Gasteiger partial charge in [-0.3, -0.25) is 9.89 Å². The number of aromatic nitrogens is 2. The molecule has 92 valence electrons. The van der Waals surface area contributed by atoms with Crippen LogP contribution in [0.2, 0.25) is 0 Å². The van der Waals surface area contributed by atoms with E-state index in [0.717, 1.165) is 19.4 Å². The highest BCUT2D eigenvalue weighted by Crippen LogP contribution is 2.33. The first-order chi connectivity index (χ1) is 8.24. The largest absolute Gasteiger partial charge is 0.373 e. The third kappa shape index (κ3) is 1.95. The topological polar surface area (TPSA) is 58.2 Å². The molecule has 5 nitrogen and oxygen atoms in total. The van der Waals surface area contributed by atoms with Crippen molar-refractivity contribution in [2.75, 3.05) is 13.1 Å². The van der Waals surface area contributed by atoms with Crippen molar-refractivity contribution in [1.29, 1.82) is 0 Å². The van der Waals surface area contributed by atoms with E-state index in [1.807, 2.05) is 4.90 Å². The van der Waals surface area contributed by atoms with Crippen molar-refractivity contribution in [2.24, 2.45) is 5.92 Å². The fourth-order valence-corrected chi connectivity index (χ4v) is 2.90. The van der Waals surface area contributed by atoms with Crippen molar-refractivity contribution in [2.45, 2.75) is 32.0 Å². The van der Waals surface area contributed by atoms with Gasteiger partial charge in [0.2, 0.25) is 0 Å². The number of likely N-dealkylation sites (tertiary alicyclic amines) is 1. The molecule has 3 heterocycles. The van der Waals surface area contributed by atoms with Crippen molar-refractivity contribution in [1.82, 2.24) is 15.1 Å². The van der Waals surface area contributed by atoms with Gasteiger partial charge < -0.3 is 9.64 Å². The molecule has 2 fully saturated rings. The number of aromatic amines is 1. The van der Waals surface area contributed by atoms with Gasteiger partial charge in [-0.2, -0.15) is 5.10 Å². The Morgan fingerprint density at radius 3 is 3.29 bits per heavy atom. The second-order valence-corrected chi connectivity index (χ2v) is 4.99. The van der Waals surface area contributed by atoms with E-state index in [1.54, 1.807) is 12.3 Å². The summed E-state index contributed by atoms with van der Waals surface area (Å²) >= 11 is 0. The van der Waals surface area contributed by atoms with Gasteiger partial charge >= 0.3 is 0 Å². The molecule has 17 heavy (non-hydrogen) atoms. The molecule has 0 spiro atoms. The summed E-state index contributed by atoms with van der Waals surface area (Å²) in [5.41, 5.74) is 0.564. The van der Waals surface area contributed by atoms with E-state index in [1.165, 1.54) is 0 Å². The van der Waals surface area contributed by atoms with E-state index in [9.17, 15) is 4.79 Å². The number of nitrogens with zero attached hydrogens (tertiary/aromatic N) is 2. The predicted molar refractivity (Wildman–Crippen MR) is 61.6 cm³/mol. The van der Waals surface area contributed by atoms with Crippen molar-refractivity contribution in [3.05, 3.63) is 18.0 Å². The summed E-state index contributed by atoms with van der Waals surface area (Å²) in [6.45, 7) is 3.65. The monoisotopic (exact) mass is 235 g/mol. The Labute approximate surface area is 100 Å². The van der Waals surface area contributed by atoms with Crippen LogP contribution in [0.5, 0.6) is 0 Å². The summed E-state index contributed by atoms with van der Waals surface area (Å²) in [6.07, 6.45) is 4.36. The van der Waals surface area contributed by atoms with Gasteiger partial charge in [-0.25, -0.2) is 0 Å². The van der Waals surface area contributed by atoms with Crippen LogP contribution in [0.1, 0.15) is 30.3 Å². The number of rotatable bonds is 1. The van der Waals surface area contributed by atoms with E-state index >= 15 is 0 Å². The number of H-pyrrole nitrogens is 1. The average molecular weight is 235 g/mol. The van der Waals surface area contributed by atoms with Crippen molar-refractivity contribution in [3.63, 3.8) is 0 Å². The summed E-state index contributed by atoms with van der Waals surface area (Å²) < 4.78 is 5.84.